The molecule has 0 bridgehead atoms. The summed E-state index contributed by atoms with van der Waals surface area (Å²) in [7, 11) is 0. The summed E-state index contributed by atoms with van der Waals surface area (Å²) in [6, 6.07) is 16.3. The number of nitro benzene ring substituents is 1. The Hall–Kier alpha value is -3.71. The monoisotopic (exact) mass is 407 g/mol. The first kappa shape index (κ1) is 18.6. The number of nitrogens with zero attached hydrogens (tertiary/aromatic N) is 3. The van der Waals surface area contributed by atoms with Crippen LogP contribution in [0.2, 0.25) is 0 Å². The Morgan fingerprint density at radius 2 is 1.97 bits per heavy atom. The number of aryl methyl sites for hydroxylation is 1. The van der Waals surface area contributed by atoms with Gasteiger partial charge in [0.15, 0.2) is 0 Å². The third kappa shape index (κ3) is 3.68. The molecule has 0 spiro atoms. The first-order chi connectivity index (χ1) is 13.9. The van der Waals surface area contributed by atoms with Crippen LogP contribution in [0.1, 0.15) is 17.1 Å². The molecule has 0 fully saturated rings. The zero-order chi connectivity index (χ0) is 20.5. The van der Waals surface area contributed by atoms with Crippen LogP contribution >= 0.6 is 11.6 Å². The number of hydrogen-bond donors (Lipinski definition) is 0. The quantitative estimate of drug-likeness (QED) is 0.354. The topological polar surface area (TPSA) is 90.7 Å². The number of benzene rings is 1. The summed E-state index contributed by atoms with van der Waals surface area (Å²) in [5.74, 6) is 0.898. The number of fused-ring (bicyclic) bond motifs is 1. The second-order valence-corrected chi connectivity index (χ2v) is 6.75. The first-order valence-electron chi connectivity index (χ1n) is 8.64. The van der Waals surface area contributed by atoms with Crippen LogP contribution in [-0.4, -0.2) is 14.3 Å². The van der Waals surface area contributed by atoms with Crippen molar-refractivity contribution in [2.24, 2.45) is 0 Å². The number of non-ortho nitro benzene ring substituents is 1. The van der Waals surface area contributed by atoms with E-state index in [1.165, 1.54) is 22.6 Å². The second kappa shape index (κ2) is 7.37. The van der Waals surface area contributed by atoms with E-state index in [0.29, 0.717) is 28.4 Å². The predicted octanol–water partition coefficient (Wildman–Crippen LogP) is 4.91. The fourth-order valence-electron chi connectivity index (χ4n) is 2.99. The Morgan fingerprint density at radius 3 is 2.76 bits per heavy atom. The smallest absolute Gasteiger partial charge is 0.270 e. The van der Waals surface area contributed by atoms with Gasteiger partial charge in [-0.3, -0.25) is 19.3 Å². The van der Waals surface area contributed by atoms with Crippen molar-refractivity contribution >= 4 is 34.0 Å². The molecule has 0 N–H and O–H groups in total. The number of rotatable bonds is 4. The summed E-state index contributed by atoms with van der Waals surface area (Å²) < 4.78 is 7.24. The molecular weight excluding hydrogens is 394 g/mol. The number of aromatic nitrogens is 2. The Morgan fingerprint density at radius 1 is 1.17 bits per heavy atom. The van der Waals surface area contributed by atoms with Crippen molar-refractivity contribution < 1.29 is 9.34 Å². The highest BCUT2D eigenvalue weighted by Crippen LogP contribution is 2.28. The molecule has 8 heteroatoms. The molecule has 0 amide bonds. The zero-order valence-corrected chi connectivity index (χ0v) is 16.0. The maximum absolute atomic E-state index is 12.4. The van der Waals surface area contributed by atoms with Gasteiger partial charge in [0, 0.05) is 35.5 Å². The van der Waals surface area contributed by atoms with E-state index in [0.717, 1.165) is 5.69 Å². The van der Waals surface area contributed by atoms with Crippen molar-refractivity contribution in [2.45, 2.75) is 6.92 Å². The van der Waals surface area contributed by atoms with E-state index in [1.54, 1.807) is 36.4 Å². The highest BCUT2D eigenvalue weighted by Gasteiger charge is 2.11. The van der Waals surface area contributed by atoms with Crippen LogP contribution in [0.4, 0.5) is 5.69 Å². The SMILES string of the molecule is Cc1cccc2nc(/C(Cl)=C/c3ccc(-c4cccc([N+](=O)[O-])c4)o3)cc(=O)n12. The van der Waals surface area contributed by atoms with Gasteiger partial charge in [-0.1, -0.05) is 29.8 Å². The van der Waals surface area contributed by atoms with E-state index < -0.39 is 4.92 Å². The van der Waals surface area contributed by atoms with E-state index in [9.17, 15) is 14.9 Å². The lowest BCUT2D eigenvalue weighted by Crippen LogP contribution is -2.16. The zero-order valence-electron chi connectivity index (χ0n) is 15.2. The highest BCUT2D eigenvalue weighted by molar-refractivity contribution is 6.51. The normalized spacial score (nSPS) is 11.7. The lowest BCUT2D eigenvalue weighted by atomic mass is 10.1. The van der Waals surface area contributed by atoms with Gasteiger partial charge in [-0.05, 0) is 31.2 Å². The van der Waals surface area contributed by atoms with Crippen LogP contribution in [0.15, 0.2) is 69.9 Å². The highest BCUT2D eigenvalue weighted by atomic mass is 35.5. The third-order valence-electron chi connectivity index (χ3n) is 4.36. The Bertz CT molecular complexity index is 1340. The van der Waals surface area contributed by atoms with Gasteiger partial charge in [0.1, 0.15) is 17.2 Å². The molecular formula is C21H14ClN3O4. The Labute approximate surface area is 169 Å². The third-order valence-corrected chi connectivity index (χ3v) is 4.66. The fraction of sp³-hybridized carbons (Fsp3) is 0.0476. The molecule has 0 saturated carbocycles. The molecule has 0 aliphatic carbocycles. The molecule has 4 aromatic rings. The van der Waals surface area contributed by atoms with Crippen LogP contribution in [-0.2, 0) is 0 Å². The molecule has 144 valence electrons. The number of hydrogen-bond acceptors (Lipinski definition) is 5. The number of halogens is 1. The minimum atomic E-state index is -0.463. The van der Waals surface area contributed by atoms with E-state index >= 15 is 0 Å². The molecule has 29 heavy (non-hydrogen) atoms. The molecule has 0 aliphatic heterocycles. The average Bonchev–Trinajstić information content (AvgIpc) is 3.16. The van der Waals surface area contributed by atoms with Gasteiger partial charge < -0.3 is 4.42 Å². The van der Waals surface area contributed by atoms with Gasteiger partial charge in [-0.2, -0.15) is 0 Å². The summed E-state index contributed by atoms with van der Waals surface area (Å²) in [5.41, 5.74) is 1.93. The molecule has 0 saturated heterocycles. The van der Waals surface area contributed by atoms with Crippen molar-refractivity contribution in [3.63, 3.8) is 0 Å². The minimum absolute atomic E-state index is 0.0230. The largest absolute Gasteiger partial charge is 0.457 e. The lowest BCUT2D eigenvalue weighted by Gasteiger charge is -2.05. The average molecular weight is 408 g/mol. The maximum atomic E-state index is 12.4. The second-order valence-electron chi connectivity index (χ2n) is 6.34. The maximum Gasteiger partial charge on any atom is 0.270 e. The summed E-state index contributed by atoms with van der Waals surface area (Å²) >= 11 is 6.38. The van der Waals surface area contributed by atoms with Gasteiger partial charge in [0.25, 0.3) is 11.2 Å². The van der Waals surface area contributed by atoms with Crippen LogP contribution in [0, 0.1) is 17.0 Å². The van der Waals surface area contributed by atoms with Crippen molar-refractivity contribution in [2.75, 3.05) is 0 Å². The van der Waals surface area contributed by atoms with Crippen LogP contribution in [0.3, 0.4) is 0 Å². The van der Waals surface area contributed by atoms with Gasteiger partial charge in [0.2, 0.25) is 0 Å². The molecule has 7 nitrogen and oxygen atoms in total. The van der Waals surface area contributed by atoms with E-state index in [2.05, 4.69) is 4.98 Å². The number of furan rings is 1. The van der Waals surface area contributed by atoms with Crippen LogP contribution < -0.4 is 5.56 Å². The van der Waals surface area contributed by atoms with E-state index in [-0.39, 0.29) is 16.3 Å². The molecule has 3 aromatic heterocycles. The van der Waals surface area contributed by atoms with Crippen molar-refractivity contribution in [3.05, 3.63) is 98.3 Å². The summed E-state index contributed by atoms with van der Waals surface area (Å²) in [4.78, 5) is 27.3. The summed E-state index contributed by atoms with van der Waals surface area (Å²) in [6.07, 6.45) is 1.55. The predicted molar refractivity (Wildman–Crippen MR) is 111 cm³/mol. The van der Waals surface area contributed by atoms with Gasteiger partial charge in [-0.15, -0.1) is 0 Å². The molecule has 1 aromatic carbocycles. The summed E-state index contributed by atoms with van der Waals surface area (Å²) in [5, 5.41) is 11.2. The number of pyridine rings is 1. The lowest BCUT2D eigenvalue weighted by molar-refractivity contribution is -0.384. The molecule has 0 unspecified atom stereocenters. The Balaban J connectivity index is 1.69. The van der Waals surface area contributed by atoms with Crippen molar-refractivity contribution in [1.29, 1.82) is 0 Å². The Kier molecular flexibility index (Phi) is 4.74. The van der Waals surface area contributed by atoms with Gasteiger partial charge >= 0.3 is 0 Å². The molecule has 0 aliphatic rings. The minimum Gasteiger partial charge on any atom is -0.457 e. The van der Waals surface area contributed by atoms with Crippen LogP contribution in [0.5, 0.6) is 0 Å². The molecule has 3 heterocycles. The van der Waals surface area contributed by atoms with E-state index in [1.807, 2.05) is 19.1 Å². The molecule has 0 atom stereocenters. The standard InChI is InChI=1S/C21H14ClN3O4/c1-13-4-2-7-20-23-18(12-21(26)24(13)20)17(22)11-16-8-9-19(29-16)14-5-3-6-15(10-14)25(27)28/h2-12H,1H3/b17-11-. The fourth-order valence-corrected chi connectivity index (χ4v) is 3.20. The number of nitro groups is 1. The van der Waals surface area contributed by atoms with Crippen LogP contribution in [0.25, 0.3) is 28.1 Å². The van der Waals surface area contributed by atoms with Crippen molar-refractivity contribution in [1.82, 2.24) is 9.38 Å². The van der Waals surface area contributed by atoms with Crippen molar-refractivity contribution in [3.8, 4) is 11.3 Å². The first-order valence-corrected chi connectivity index (χ1v) is 9.02. The van der Waals surface area contributed by atoms with Gasteiger partial charge in [-0.25, -0.2) is 4.98 Å². The van der Waals surface area contributed by atoms with E-state index in [4.69, 9.17) is 16.0 Å². The summed E-state index contributed by atoms with van der Waals surface area (Å²) in [6.45, 7) is 1.82. The molecule has 4 rings (SSSR count). The molecule has 0 radical (unpaired) electrons. The van der Waals surface area contributed by atoms with Gasteiger partial charge in [0.05, 0.1) is 15.6 Å².